The van der Waals surface area contributed by atoms with E-state index in [2.05, 4.69) is 25.9 Å². The van der Waals surface area contributed by atoms with E-state index < -0.39 is 11.7 Å². The van der Waals surface area contributed by atoms with E-state index >= 15 is 0 Å². The Hall–Kier alpha value is -3.03. The summed E-state index contributed by atoms with van der Waals surface area (Å²) in [6.45, 7) is 7.85. The van der Waals surface area contributed by atoms with Gasteiger partial charge in [-0.2, -0.15) is 0 Å². The number of carbonyl (C=O) groups is 1. The number of guanidine groups is 1. The number of aromatic nitrogens is 2. The summed E-state index contributed by atoms with van der Waals surface area (Å²) in [5.41, 5.74) is 1.36. The molecule has 0 unspecified atom stereocenters. The molecule has 8 heteroatoms. The molecule has 0 fully saturated rings. The number of imidazole rings is 1. The maximum Gasteiger partial charge on any atom is 0.412 e. The monoisotopic (exact) mass is 386 g/mol. The van der Waals surface area contributed by atoms with Gasteiger partial charge < -0.3 is 19.9 Å². The lowest BCUT2D eigenvalue weighted by Crippen LogP contribution is -2.39. The third kappa shape index (κ3) is 8.11. The summed E-state index contributed by atoms with van der Waals surface area (Å²) in [5.74, 6) is 0.767. The van der Waals surface area contributed by atoms with Crippen LogP contribution in [0.15, 0.2) is 48.0 Å². The van der Waals surface area contributed by atoms with Gasteiger partial charge in [0.2, 0.25) is 0 Å². The lowest BCUT2D eigenvalue weighted by Gasteiger charge is -2.19. The maximum absolute atomic E-state index is 11.8. The van der Waals surface area contributed by atoms with Crippen molar-refractivity contribution in [1.29, 1.82) is 0 Å². The van der Waals surface area contributed by atoms with Gasteiger partial charge in [-0.05, 0) is 44.9 Å². The van der Waals surface area contributed by atoms with Crippen LogP contribution in [0.25, 0.3) is 0 Å². The van der Waals surface area contributed by atoms with Crippen LogP contribution >= 0.6 is 0 Å². The van der Waals surface area contributed by atoms with E-state index in [9.17, 15) is 4.79 Å². The number of rotatable bonds is 7. The molecule has 1 aromatic carbocycles. The van der Waals surface area contributed by atoms with Crippen molar-refractivity contribution in [3.8, 4) is 0 Å². The molecule has 8 nitrogen and oxygen atoms in total. The molecule has 0 aliphatic rings. The Kier molecular flexibility index (Phi) is 7.86. The average Bonchev–Trinajstić information content (AvgIpc) is 3.13. The van der Waals surface area contributed by atoms with Crippen molar-refractivity contribution in [3.63, 3.8) is 0 Å². The molecule has 0 radical (unpaired) electrons. The van der Waals surface area contributed by atoms with Crippen molar-refractivity contribution in [2.45, 2.75) is 39.3 Å². The Balaban J connectivity index is 1.69. The van der Waals surface area contributed by atoms with Gasteiger partial charge in [-0.15, -0.1) is 0 Å². The molecule has 0 atom stereocenters. The SMILES string of the molecule is CN=C(NCCc1ccc(NC(=O)OC(C)(C)C)cc1)NCCn1ccnc1. The average molecular weight is 387 g/mol. The first-order valence-electron chi connectivity index (χ1n) is 9.35. The van der Waals surface area contributed by atoms with Crippen LogP contribution in [0.5, 0.6) is 0 Å². The topological polar surface area (TPSA) is 92.6 Å². The molecule has 0 saturated heterocycles. The zero-order valence-corrected chi connectivity index (χ0v) is 17.0. The minimum atomic E-state index is -0.513. The second-order valence-corrected chi connectivity index (χ2v) is 7.30. The van der Waals surface area contributed by atoms with Gasteiger partial charge in [0.15, 0.2) is 5.96 Å². The van der Waals surface area contributed by atoms with Crippen LogP contribution < -0.4 is 16.0 Å². The van der Waals surface area contributed by atoms with Crippen molar-refractivity contribution in [2.75, 3.05) is 25.5 Å². The third-order valence-corrected chi connectivity index (χ3v) is 3.75. The van der Waals surface area contributed by atoms with Crippen molar-refractivity contribution < 1.29 is 9.53 Å². The highest BCUT2D eigenvalue weighted by Crippen LogP contribution is 2.13. The third-order valence-electron chi connectivity index (χ3n) is 3.75. The summed E-state index contributed by atoms with van der Waals surface area (Å²) >= 11 is 0. The molecule has 0 aliphatic heterocycles. The Morgan fingerprint density at radius 3 is 2.50 bits per heavy atom. The molecule has 1 aromatic heterocycles. The summed E-state index contributed by atoms with van der Waals surface area (Å²) in [7, 11) is 1.75. The molecule has 0 saturated carbocycles. The highest BCUT2D eigenvalue weighted by molar-refractivity contribution is 5.84. The molecule has 2 aromatic rings. The number of aliphatic imine (C=N–C) groups is 1. The number of nitrogens with one attached hydrogen (secondary N) is 3. The molecular formula is C20H30N6O2. The van der Waals surface area contributed by atoms with Gasteiger partial charge in [-0.25, -0.2) is 9.78 Å². The van der Waals surface area contributed by atoms with Crippen LogP contribution in [0.4, 0.5) is 10.5 Å². The number of carbonyl (C=O) groups excluding carboxylic acids is 1. The summed E-state index contributed by atoms with van der Waals surface area (Å²) in [4.78, 5) is 20.0. The second kappa shape index (κ2) is 10.3. The van der Waals surface area contributed by atoms with E-state index in [0.29, 0.717) is 5.69 Å². The van der Waals surface area contributed by atoms with Gasteiger partial charge in [-0.1, -0.05) is 12.1 Å². The lowest BCUT2D eigenvalue weighted by molar-refractivity contribution is 0.0636. The van der Waals surface area contributed by atoms with Crippen LogP contribution in [0.2, 0.25) is 0 Å². The Morgan fingerprint density at radius 1 is 1.18 bits per heavy atom. The number of benzene rings is 1. The molecular weight excluding hydrogens is 356 g/mol. The van der Waals surface area contributed by atoms with Crippen molar-refractivity contribution in [1.82, 2.24) is 20.2 Å². The smallest absolute Gasteiger partial charge is 0.412 e. The molecule has 152 valence electrons. The summed E-state index contributed by atoms with van der Waals surface area (Å²) in [6.07, 6.45) is 5.88. The van der Waals surface area contributed by atoms with Gasteiger partial charge >= 0.3 is 6.09 Å². The minimum absolute atomic E-state index is 0.451. The van der Waals surface area contributed by atoms with Crippen LogP contribution in [-0.2, 0) is 17.7 Å². The van der Waals surface area contributed by atoms with Crippen LogP contribution in [0.1, 0.15) is 26.3 Å². The van der Waals surface area contributed by atoms with E-state index in [4.69, 9.17) is 4.74 Å². The highest BCUT2D eigenvalue weighted by Gasteiger charge is 2.16. The minimum Gasteiger partial charge on any atom is -0.444 e. The van der Waals surface area contributed by atoms with E-state index in [1.165, 1.54) is 0 Å². The number of nitrogens with zero attached hydrogens (tertiary/aromatic N) is 3. The van der Waals surface area contributed by atoms with Gasteiger partial charge in [0.1, 0.15) is 5.60 Å². The summed E-state index contributed by atoms with van der Waals surface area (Å²) in [6, 6.07) is 7.72. The van der Waals surface area contributed by atoms with E-state index in [0.717, 1.165) is 37.6 Å². The van der Waals surface area contributed by atoms with E-state index in [1.807, 2.05) is 55.8 Å². The van der Waals surface area contributed by atoms with Crippen molar-refractivity contribution in [2.24, 2.45) is 4.99 Å². The summed E-state index contributed by atoms with van der Waals surface area (Å²) < 4.78 is 7.25. The number of amides is 1. The fraction of sp³-hybridized carbons (Fsp3) is 0.450. The molecule has 0 spiro atoms. The number of ether oxygens (including phenoxy) is 1. The maximum atomic E-state index is 11.8. The molecule has 1 amide bonds. The fourth-order valence-electron chi connectivity index (χ4n) is 2.44. The first kappa shape index (κ1) is 21.3. The van der Waals surface area contributed by atoms with Gasteiger partial charge in [0.25, 0.3) is 0 Å². The number of anilines is 1. The predicted molar refractivity (Wildman–Crippen MR) is 112 cm³/mol. The molecule has 0 aliphatic carbocycles. The van der Waals surface area contributed by atoms with E-state index in [1.54, 1.807) is 19.6 Å². The number of hydrogen-bond acceptors (Lipinski definition) is 4. The molecule has 28 heavy (non-hydrogen) atoms. The Bertz CT molecular complexity index is 748. The zero-order chi connectivity index (χ0) is 20.4. The number of hydrogen-bond donors (Lipinski definition) is 3. The highest BCUT2D eigenvalue weighted by atomic mass is 16.6. The summed E-state index contributed by atoms with van der Waals surface area (Å²) in [5, 5.41) is 9.30. The Morgan fingerprint density at radius 2 is 1.89 bits per heavy atom. The first-order chi connectivity index (χ1) is 13.4. The standard InChI is InChI=1S/C20H30N6O2/c1-20(2,3)28-19(27)25-17-7-5-16(6-8-17)9-10-23-18(21-4)24-12-14-26-13-11-22-15-26/h5-8,11,13,15H,9-10,12,14H2,1-4H3,(H,25,27)(H2,21,23,24). The van der Waals surface area contributed by atoms with Crippen LogP contribution in [0.3, 0.4) is 0 Å². The van der Waals surface area contributed by atoms with Gasteiger partial charge in [0, 0.05) is 44.8 Å². The van der Waals surface area contributed by atoms with Crippen LogP contribution in [-0.4, -0.2) is 47.3 Å². The second-order valence-electron chi connectivity index (χ2n) is 7.30. The largest absolute Gasteiger partial charge is 0.444 e. The molecule has 1 heterocycles. The molecule has 3 N–H and O–H groups in total. The quantitative estimate of drug-likeness (QED) is 0.502. The zero-order valence-electron chi connectivity index (χ0n) is 17.0. The van der Waals surface area contributed by atoms with Crippen LogP contribution in [0, 0.1) is 0 Å². The fourth-order valence-corrected chi connectivity index (χ4v) is 2.44. The Labute approximate surface area is 166 Å². The molecule has 0 bridgehead atoms. The van der Waals surface area contributed by atoms with Crippen molar-refractivity contribution in [3.05, 3.63) is 48.5 Å². The van der Waals surface area contributed by atoms with Gasteiger partial charge in [0.05, 0.1) is 6.33 Å². The predicted octanol–water partition coefficient (Wildman–Crippen LogP) is 2.64. The normalized spacial score (nSPS) is 11.8. The van der Waals surface area contributed by atoms with Gasteiger partial charge in [-0.3, -0.25) is 10.3 Å². The first-order valence-corrected chi connectivity index (χ1v) is 9.35. The van der Waals surface area contributed by atoms with Crippen molar-refractivity contribution >= 4 is 17.7 Å². The lowest BCUT2D eigenvalue weighted by atomic mass is 10.1. The van der Waals surface area contributed by atoms with E-state index in [-0.39, 0.29) is 0 Å². The molecule has 2 rings (SSSR count).